The lowest BCUT2D eigenvalue weighted by Gasteiger charge is -2.28. The molecule has 1 aromatic rings. The number of benzene rings is 1. The van der Waals surface area contributed by atoms with Gasteiger partial charge in [0.1, 0.15) is 0 Å². The summed E-state index contributed by atoms with van der Waals surface area (Å²) in [4.78, 5) is 1.04. The van der Waals surface area contributed by atoms with Crippen molar-refractivity contribution in [2.45, 2.75) is 0 Å². The summed E-state index contributed by atoms with van der Waals surface area (Å²) < 4.78 is 51.4. The zero-order valence-corrected chi connectivity index (χ0v) is 8.34. The van der Waals surface area contributed by atoms with Crippen LogP contribution in [0.4, 0.5) is 5.69 Å². The standard InChI is InChI=1S/C10H12BrNO/c11-9-1-3-10(4-2-9)12-5-7-13-8-6-12/h1-4H,5-8H2/i5D2,7D2,8D2. The fourth-order valence-corrected chi connectivity index (χ4v) is 1.29. The molecule has 0 bridgehead atoms. The van der Waals surface area contributed by atoms with Crippen LogP contribution < -0.4 is 4.90 Å². The van der Waals surface area contributed by atoms with Crippen molar-refractivity contribution in [3.05, 3.63) is 28.7 Å². The Bertz CT molecular complexity index is 477. The first-order chi connectivity index (χ1) is 8.55. The number of rotatable bonds is 1. The smallest absolute Gasteiger partial charge is 0.0642 e. The van der Waals surface area contributed by atoms with Crippen LogP contribution in [0.5, 0.6) is 0 Å². The monoisotopic (exact) mass is 247 g/mol. The van der Waals surface area contributed by atoms with E-state index in [9.17, 15) is 0 Å². The van der Waals surface area contributed by atoms with Gasteiger partial charge in [0.05, 0.1) is 21.3 Å². The van der Waals surface area contributed by atoms with Crippen LogP contribution in [0.25, 0.3) is 0 Å². The fraction of sp³-hybridized carbons (Fsp3) is 0.400. The summed E-state index contributed by atoms with van der Waals surface area (Å²) in [6.45, 7) is -7.86. The quantitative estimate of drug-likeness (QED) is 0.756. The van der Waals surface area contributed by atoms with E-state index in [-0.39, 0.29) is 6.54 Å². The van der Waals surface area contributed by atoms with E-state index < -0.39 is 19.6 Å². The highest BCUT2D eigenvalue weighted by atomic mass is 79.9. The lowest BCUT2D eigenvalue weighted by Crippen LogP contribution is -2.36. The minimum Gasteiger partial charge on any atom is -0.378 e. The Morgan fingerprint density at radius 2 is 2.08 bits per heavy atom. The molecule has 1 aliphatic rings. The van der Waals surface area contributed by atoms with Gasteiger partial charge in [-0.15, -0.1) is 0 Å². The molecule has 2 nitrogen and oxygen atoms in total. The summed E-state index contributed by atoms with van der Waals surface area (Å²) in [6, 6.07) is 6.57. The molecule has 0 radical (unpaired) electrons. The van der Waals surface area contributed by atoms with Gasteiger partial charge in [0.2, 0.25) is 0 Å². The second-order valence-electron chi connectivity index (χ2n) is 2.52. The maximum Gasteiger partial charge on any atom is 0.0642 e. The molecule has 1 aliphatic heterocycles. The van der Waals surface area contributed by atoms with Gasteiger partial charge >= 0.3 is 0 Å². The molecule has 2 rings (SSSR count). The summed E-state index contributed by atoms with van der Waals surface area (Å²) in [6.07, 6.45) is 0. The molecule has 0 unspecified atom stereocenters. The van der Waals surface area contributed by atoms with Gasteiger partial charge < -0.3 is 9.64 Å². The molecule has 0 N–H and O–H groups in total. The van der Waals surface area contributed by atoms with Gasteiger partial charge in [-0.1, -0.05) is 15.9 Å². The van der Waals surface area contributed by atoms with Crippen molar-refractivity contribution < 1.29 is 13.0 Å². The average molecular weight is 248 g/mol. The Hall–Kier alpha value is -0.540. The molecule has 0 aliphatic carbocycles. The van der Waals surface area contributed by atoms with Crippen molar-refractivity contribution >= 4 is 21.6 Å². The van der Waals surface area contributed by atoms with Crippen LogP contribution in [0.2, 0.25) is 0 Å². The van der Waals surface area contributed by atoms with Gasteiger partial charge in [0.15, 0.2) is 0 Å². The number of hydrogen-bond acceptors (Lipinski definition) is 2. The maximum atomic E-state index is 7.87. The molecule has 3 heteroatoms. The summed E-state index contributed by atoms with van der Waals surface area (Å²) in [5.41, 5.74) is 0.393. The van der Waals surface area contributed by atoms with Crippen LogP contribution in [0, 0.1) is 0 Å². The second-order valence-corrected chi connectivity index (χ2v) is 3.44. The van der Waals surface area contributed by atoms with E-state index in [0.717, 1.165) is 9.37 Å². The normalized spacial score (nSPS) is 35.9. The van der Waals surface area contributed by atoms with E-state index in [0.29, 0.717) is 5.69 Å². The molecule has 1 aromatic carbocycles. The molecule has 0 aromatic heterocycles. The van der Waals surface area contributed by atoms with Gasteiger partial charge in [0, 0.05) is 23.2 Å². The number of nitrogens with zero attached hydrogens (tertiary/aromatic N) is 1. The Labute approximate surface area is 95.1 Å². The molecular weight excluding hydrogens is 230 g/mol. The van der Waals surface area contributed by atoms with Gasteiger partial charge in [-0.25, -0.2) is 0 Å². The van der Waals surface area contributed by atoms with Crippen LogP contribution >= 0.6 is 15.9 Å². The first kappa shape index (κ1) is 4.32. The second kappa shape index (κ2) is 4.11. The highest BCUT2D eigenvalue weighted by Gasteiger charge is 2.09. The Morgan fingerprint density at radius 3 is 2.85 bits per heavy atom. The molecule has 13 heavy (non-hydrogen) atoms. The predicted molar refractivity (Wildman–Crippen MR) is 57.2 cm³/mol. The predicted octanol–water partition coefficient (Wildman–Crippen LogP) is 2.29. The lowest BCUT2D eigenvalue weighted by molar-refractivity contribution is 0.122. The van der Waals surface area contributed by atoms with Crippen LogP contribution in [0.1, 0.15) is 8.22 Å². The minimum absolute atomic E-state index is 0.388. The Morgan fingerprint density at radius 1 is 1.31 bits per heavy atom. The minimum atomic E-state index is -2.75. The molecule has 0 spiro atoms. The zero-order valence-electron chi connectivity index (χ0n) is 12.7. The first-order valence-corrected chi connectivity index (χ1v) is 4.58. The van der Waals surface area contributed by atoms with E-state index in [1.807, 2.05) is 0 Å². The van der Waals surface area contributed by atoms with Crippen molar-refractivity contribution in [1.29, 1.82) is 0 Å². The van der Waals surface area contributed by atoms with Crippen LogP contribution in [0.15, 0.2) is 28.7 Å². The van der Waals surface area contributed by atoms with Crippen LogP contribution in [0.3, 0.4) is 0 Å². The van der Waals surface area contributed by atoms with Crippen molar-refractivity contribution in [2.75, 3.05) is 31.1 Å². The van der Waals surface area contributed by atoms with Gasteiger partial charge in [0.25, 0.3) is 0 Å². The van der Waals surface area contributed by atoms with Crippen molar-refractivity contribution in [2.24, 2.45) is 0 Å². The molecule has 1 saturated heterocycles. The maximum absolute atomic E-state index is 7.87. The van der Waals surface area contributed by atoms with E-state index in [4.69, 9.17) is 8.22 Å². The van der Waals surface area contributed by atoms with Gasteiger partial charge in [-0.2, -0.15) is 0 Å². The summed E-state index contributed by atoms with van der Waals surface area (Å²) in [5.74, 6) is 0. The lowest BCUT2D eigenvalue weighted by atomic mass is 10.3. The largest absolute Gasteiger partial charge is 0.378 e. The van der Waals surface area contributed by atoms with Gasteiger partial charge in [-0.05, 0) is 24.3 Å². The highest BCUT2D eigenvalue weighted by molar-refractivity contribution is 9.10. The third-order valence-electron chi connectivity index (χ3n) is 1.66. The Balaban J connectivity index is 2.44. The van der Waals surface area contributed by atoms with Gasteiger partial charge in [-0.3, -0.25) is 0 Å². The summed E-state index contributed by atoms with van der Waals surface area (Å²) in [7, 11) is 0. The van der Waals surface area contributed by atoms with Crippen LogP contribution in [-0.2, 0) is 4.74 Å². The van der Waals surface area contributed by atoms with Crippen LogP contribution in [-0.4, -0.2) is 26.2 Å². The zero-order chi connectivity index (χ0) is 14.5. The van der Waals surface area contributed by atoms with E-state index >= 15 is 0 Å². The topological polar surface area (TPSA) is 12.5 Å². The van der Waals surface area contributed by atoms with Crippen molar-refractivity contribution in [1.82, 2.24) is 0 Å². The molecule has 1 fully saturated rings. The third-order valence-corrected chi connectivity index (χ3v) is 2.19. The summed E-state index contributed by atoms with van der Waals surface area (Å²) in [5, 5.41) is 0. The number of hydrogen-bond donors (Lipinski definition) is 0. The van der Waals surface area contributed by atoms with Crippen molar-refractivity contribution in [3.8, 4) is 0 Å². The van der Waals surface area contributed by atoms with E-state index in [1.54, 1.807) is 24.3 Å². The van der Waals surface area contributed by atoms with E-state index in [1.165, 1.54) is 0 Å². The number of morpholine rings is 1. The summed E-state index contributed by atoms with van der Waals surface area (Å²) >= 11 is 3.26. The third kappa shape index (κ3) is 2.23. The fourth-order valence-electron chi connectivity index (χ4n) is 1.03. The molecular formula is C10H12BrNO. The number of ether oxygens (including phenoxy) is 1. The first-order valence-electron chi connectivity index (χ1n) is 6.79. The molecule has 0 amide bonds. The van der Waals surface area contributed by atoms with Crippen molar-refractivity contribution in [3.63, 3.8) is 0 Å². The highest BCUT2D eigenvalue weighted by Crippen LogP contribution is 2.18. The Kier molecular flexibility index (Phi) is 1.37. The molecule has 0 atom stereocenters. The average Bonchev–Trinajstić information content (AvgIpc) is 2.24. The molecule has 0 saturated carbocycles. The number of halogens is 1. The SMILES string of the molecule is [2H]C1([2H])CN(c2ccc(Br)cc2)C([2H])([2H])C([2H])([2H])O1. The number of anilines is 1. The van der Waals surface area contributed by atoms with E-state index in [2.05, 4.69) is 20.7 Å². The molecule has 70 valence electrons. The molecule has 1 heterocycles.